The van der Waals surface area contributed by atoms with Crippen LogP contribution in [0.2, 0.25) is 0 Å². The fourth-order valence-electron chi connectivity index (χ4n) is 1.22. The standard InChI is InChI=1S/C12H12N4OS/c1-16(2)7-5-10(17)12-15-14-11(18-12)9-4-3-6-13-8-9/h3-8H,1-2H3/b7-5+. The van der Waals surface area contributed by atoms with Gasteiger partial charge >= 0.3 is 0 Å². The molecule has 18 heavy (non-hydrogen) atoms. The lowest BCUT2D eigenvalue weighted by Crippen LogP contribution is -2.02. The molecule has 2 aromatic heterocycles. The zero-order valence-corrected chi connectivity index (χ0v) is 10.9. The van der Waals surface area contributed by atoms with Gasteiger partial charge in [-0.1, -0.05) is 11.3 Å². The summed E-state index contributed by atoms with van der Waals surface area (Å²) in [6.07, 6.45) is 6.56. The lowest BCUT2D eigenvalue weighted by molar-refractivity contribution is 0.104. The normalized spacial score (nSPS) is 10.8. The number of ketones is 1. The Hall–Kier alpha value is -2.08. The van der Waals surface area contributed by atoms with Crippen molar-refractivity contribution in [2.75, 3.05) is 14.1 Å². The highest BCUT2D eigenvalue weighted by Gasteiger charge is 2.11. The highest BCUT2D eigenvalue weighted by molar-refractivity contribution is 7.16. The minimum atomic E-state index is -0.142. The number of allylic oxidation sites excluding steroid dienone is 1. The summed E-state index contributed by atoms with van der Waals surface area (Å²) < 4.78 is 0. The van der Waals surface area contributed by atoms with Crippen LogP contribution in [0.15, 0.2) is 36.8 Å². The number of carbonyl (C=O) groups excluding carboxylic acids is 1. The summed E-state index contributed by atoms with van der Waals surface area (Å²) in [6.45, 7) is 0. The first-order valence-corrected chi connectivity index (χ1v) is 6.11. The van der Waals surface area contributed by atoms with Gasteiger partial charge in [0.2, 0.25) is 5.78 Å². The average molecular weight is 260 g/mol. The van der Waals surface area contributed by atoms with Crippen LogP contribution in [0.1, 0.15) is 9.80 Å². The van der Waals surface area contributed by atoms with E-state index in [0.29, 0.717) is 10.0 Å². The fourth-order valence-corrected chi connectivity index (χ4v) is 1.97. The van der Waals surface area contributed by atoms with Crippen LogP contribution >= 0.6 is 11.3 Å². The molecule has 0 aliphatic heterocycles. The van der Waals surface area contributed by atoms with Crippen molar-refractivity contribution in [3.8, 4) is 10.6 Å². The van der Waals surface area contributed by atoms with Gasteiger partial charge in [0.25, 0.3) is 0 Å². The van der Waals surface area contributed by atoms with Gasteiger partial charge in [-0.2, -0.15) is 0 Å². The minimum Gasteiger partial charge on any atom is -0.383 e. The Morgan fingerprint density at radius 1 is 1.39 bits per heavy atom. The molecule has 0 saturated heterocycles. The van der Waals surface area contributed by atoms with Gasteiger partial charge in [-0.25, -0.2) is 0 Å². The highest BCUT2D eigenvalue weighted by Crippen LogP contribution is 2.22. The molecule has 0 amide bonds. The smallest absolute Gasteiger partial charge is 0.217 e. The fraction of sp³-hybridized carbons (Fsp3) is 0.167. The zero-order chi connectivity index (χ0) is 13.0. The minimum absolute atomic E-state index is 0.142. The van der Waals surface area contributed by atoms with Gasteiger partial charge in [-0.3, -0.25) is 9.78 Å². The molecule has 0 aliphatic rings. The van der Waals surface area contributed by atoms with Crippen LogP contribution in [0.25, 0.3) is 10.6 Å². The molecule has 0 aliphatic carbocycles. The van der Waals surface area contributed by atoms with E-state index in [9.17, 15) is 4.79 Å². The number of nitrogens with zero attached hydrogens (tertiary/aromatic N) is 4. The molecule has 0 bridgehead atoms. The predicted octanol–water partition coefficient (Wildman–Crippen LogP) is 1.86. The van der Waals surface area contributed by atoms with E-state index in [2.05, 4.69) is 15.2 Å². The van der Waals surface area contributed by atoms with Gasteiger partial charge in [-0.15, -0.1) is 10.2 Å². The summed E-state index contributed by atoms with van der Waals surface area (Å²) in [4.78, 5) is 17.6. The summed E-state index contributed by atoms with van der Waals surface area (Å²) in [5.41, 5.74) is 0.866. The number of pyridine rings is 1. The quantitative estimate of drug-likeness (QED) is 0.620. The molecule has 2 rings (SSSR count). The molecule has 0 atom stereocenters. The van der Waals surface area contributed by atoms with Crippen LogP contribution in [0.5, 0.6) is 0 Å². The molecule has 0 spiro atoms. The third-order valence-corrected chi connectivity index (χ3v) is 3.06. The molecular formula is C12H12N4OS. The summed E-state index contributed by atoms with van der Waals surface area (Å²) in [7, 11) is 3.70. The van der Waals surface area contributed by atoms with Gasteiger partial charge in [0.1, 0.15) is 5.01 Å². The Balaban J connectivity index is 2.19. The van der Waals surface area contributed by atoms with Crippen molar-refractivity contribution < 1.29 is 4.79 Å². The molecule has 0 radical (unpaired) electrons. The maximum Gasteiger partial charge on any atom is 0.217 e. The van der Waals surface area contributed by atoms with Crippen LogP contribution in [0.3, 0.4) is 0 Å². The Bertz CT molecular complexity index is 562. The number of hydrogen-bond donors (Lipinski definition) is 0. The van der Waals surface area contributed by atoms with Crippen molar-refractivity contribution >= 4 is 17.1 Å². The molecule has 5 nitrogen and oxygen atoms in total. The molecule has 0 aromatic carbocycles. The second kappa shape index (κ2) is 5.50. The first-order valence-electron chi connectivity index (χ1n) is 5.29. The molecule has 0 unspecified atom stereocenters. The van der Waals surface area contributed by atoms with E-state index in [1.807, 2.05) is 26.2 Å². The molecule has 92 valence electrons. The van der Waals surface area contributed by atoms with Crippen LogP contribution in [-0.2, 0) is 0 Å². The van der Waals surface area contributed by atoms with E-state index in [1.54, 1.807) is 23.5 Å². The van der Waals surface area contributed by atoms with Crippen molar-refractivity contribution in [2.24, 2.45) is 0 Å². The van der Waals surface area contributed by atoms with Crippen LogP contribution in [-0.4, -0.2) is 40.0 Å². The van der Waals surface area contributed by atoms with Crippen molar-refractivity contribution in [1.82, 2.24) is 20.1 Å². The predicted molar refractivity (Wildman–Crippen MR) is 70.3 cm³/mol. The van der Waals surface area contributed by atoms with Crippen molar-refractivity contribution in [1.29, 1.82) is 0 Å². The lowest BCUT2D eigenvalue weighted by Gasteiger charge is -2.01. The van der Waals surface area contributed by atoms with Crippen molar-refractivity contribution in [3.05, 3.63) is 41.8 Å². The first-order chi connectivity index (χ1) is 8.66. The first kappa shape index (κ1) is 12.4. The number of rotatable bonds is 4. The summed E-state index contributed by atoms with van der Waals surface area (Å²) in [5, 5.41) is 8.97. The van der Waals surface area contributed by atoms with Gasteiger partial charge in [0.05, 0.1) is 0 Å². The van der Waals surface area contributed by atoms with E-state index in [1.165, 1.54) is 17.4 Å². The molecule has 0 saturated carbocycles. The van der Waals surface area contributed by atoms with E-state index in [4.69, 9.17) is 0 Å². The molecule has 0 N–H and O–H groups in total. The average Bonchev–Trinajstić information content (AvgIpc) is 2.86. The summed E-state index contributed by atoms with van der Waals surface area (Å²) in [5.74, 6) is -0.142. The topological polar surface area (TPSA) is 59.0 Å². The third-order valence-electron chi connectivity index (χ3n) is 2.07. The van der Waals surface area contributed by atoms with Gasteiger partial charge < -0.3 is 4.90 Å². The molecule has 0 fully saturated rings. The summed E-state index contributed by atoms with van der Waals surface area (Å²) >= 11 is 1.26. The van der Waals surface area contributed by atoms with Crippen molar-refractivity contribution in [3.63, 3.8) is 0 Å². The van der Waals surface area contributed by atoms with Crippen LogP contribution < -0.4 is 0 Å². The van der Waals surface area contributed by atoms with E-state index in [0.717, 1.165) is 5.56 Å². The Morgan fingerprint density at radius 2 is 2.22 bits per heavy atom. The van der Waals surface area contributed by atoms with Gasteiger partial charge in [-0.05, 0) is 12.1 Å². The van der Waals surface area contributed by atoms with E-state index < -0.39 is 0 Å². The van der Waals surface area contributed by atoms with Crippen LogP contribution in [0, 0.1) is 0 Å². The monoisotopic (exact) mass is 260 g/mol. The zero-order valence-electron chi connectivity index (χ0n) is 10.1. The number of aromatic nitrogens is 3. The lowest BCUT2D eigenvalue weighted by atomic mass is 10.3. The van der Waals surface area contributed by atoms with Crippen molar-refractivity contribution in [2.45, 2.75) is 0 Å². The SMILES string of the molecule is CN(C)/C=C/C(=O)c1nnc(-c2cccnc2)s1. The maximum atomic E-state index is 11.8. The van der Waals surface area contributed by atoms with Gasteiger partial charge in [0.15, 0.2) is 5.01 Å². The Labute approximate surface area is 109 Å². The second-order valence-corrected chi connectivity index (χ2v) is 4.78. The summed E-state index contributed by atoms with van der Waals surface area (Å²) in [6, 6.07) is 3.71. The Kier molecular flexibility index (Phi) is 3.78. The number of carbonyl (C=O) groups is 1. The third kappa shape index (κ3) is 2.98. The second-order valence-electron chi connectivity index (χ2n) is 3.80. The molecule has 6 heteroatoms. The van der Waals surface area contributed by atoms with E-state index >= 15 is 0 Å². The highest BCUT2D eigenvalue weighted by atomic mass is 32.1. The molecular weight excluding hydrogens is 248 g/mol. The largest absolute Gasteiger partial charge is 0.383 e. The van der Waals surface area contributed by atoms with E-state index in [-0.39, 0.29) is 5.78 Å². The molecule has 2 aromatic rings. The van der Waals surface area contributed by atoms with Gasteiger partial charge in [0, 0.05) is 44.3 Å². The maximum absolute atomic E-state index is 11.8. The van der Waals surface area contributed by atoms with Crippen LogP contribution in [0.4, 0.5) is 0 Å². The Morgan fingerprint density at radius 3 is 2.89 bits per heavy atom. The number of hydrogen-bond acceptors (Lipinski definition) is 6. The molecule has 2 heterocycles.